The van der Waals surface area contributed by atoms with Crippen LogP contribution in [0.5, 0.6) is 0 Å². The van der Waals surface area contributed by atoms with Gasteiger partial charge in [0.05, 0.1) is 16.9 Å². The van der Waals surface area contributed by atoms with Crippen molar-refractivity contribution in [1.29, 1.82) is 0 Å². The molecule has 8 heteroatoms. The number of rotatable bonds is 5. The lowest BCUT2D eigenvalue weighted by molar-refractivity contribution is -0.130. The molecule has 2 fully saturated rings. The molecule has 2 aliphatic rings. The number of carbonyl (C=O) groups excluding carboxylic acids is 2. The SMILES string of the molecule is O=C(CCc1cnccn1)NC1CCOC2(CCN(C(=O)c3cccc4c3oc3ccccc34)CC2)C1. The van der Waals surface area contributed by atoms with Crippen molar-refractivity contribution in [2.75, 3.05) is 19.7 Å². The highest BCUT2D eigenvalue weighted by molar-refractivity contribution is 6.13. The van der Waals surface area contributed by atoms with Crippen LogP contribution in [0.2, 0.25) is 0 Å². The minimum atomic E-state index is -0.302. The number of fused-ring (bicyclic) bond motifs is 3. The fraction of sp³-hybridized carbons (Fsp3) is 0.379. The summed E-state index contributed by atoms with van der Waals surface area (Å²) in [4.78, 5) is 36.3. The highest BCUT2D eigenvalue weighted by Crippen LogP contribution is 2.37. The van der Waals surface area contributed by atoms with Crippen molar-refractivity contribution in [1.82, 2.24) is 20.2 Å². The molecule has 2 amide bonds. The van der Waals surface area contributed by atoms with Crippen molar-refractivity contribution in [3.05, 3.63) is 72.3 Å². The van der Waals surface area contributed by atoms with Crippen LogP contribution in [0.15, 0.2) is 65.5 Å². The monoisotopic (exact) mass is 498 g/mol. The normalized spacial score (nSPS) is 19.4. The number of nitrogens with one attached hydrogen (secondary N) is 1. The molecule has 0 bridgehead atoms. The van der Waals surface area contributed by atoms with Gasteiger partial charge in [-0.2, -0.15) is 0 Å². The maximum Gasteiger partial charge on any atom is 0.257 e. The van der Waals surface area contributed by atoms with Crippen molar-refractivity contribution in [3.8, 4) is 0 Å². The van der Waals surface area contributed by atoms with Gasteiger partial charge >= 0.3 is 0 Å². The van der Waals surface area contributed by atoms with E-state index < -0.39 is 0 Å². The number of amides is 2. The first-order valence-corrected chi connectivity index (χ1v) is 13.0. The largest absolute Gasteiger partial charge is 0.455 e. The Morgan fingerprint density at radius 3 is 2.73 bits per heavy atom. The molecule has 4 heterocycles. The molecule has 1 spiro atoms. The number of aryl methyl sites for hydroxylation is 1. The summed E-state index contributed by atoms with van der Waals surface area (Å²) in [5.74, 6) is 0.0171. The Balaban J connectivity index is 1.08. The quantitative estimate of drug-likeness (QED) is 0.441. The van der Waals surface area contributed by atoms with E-state index in [0.717, 1.165) is 47.7 Å². The third kappa shape index (κ3) is 4.81. The number of carbonyl (C=O) groups is 2. The zero-order valence-electron chi connectivity index (χ0n) is 20.7. The molecule has 6 rings (SSSR count). The van der Waals surface area contributed by atoms with Crippen LogP contribution in [0.25, 0.3) is 21.9 Å². The van der Waals surface area contributed by atoms with Gasteiger partial charge in [-0.15, -0.1) is 0 Å². The molecule has 190 valence electrons. The van der Waals surface area contributed by atoms with Gasteiger partial charge in [-0.3, -0.25) is 19.6 Å². The summed E-state index contributed by atoms with van der Waals surface area (Å²) in [6.45, 7) is 1.84. The molecule has 2 aromatic heterocycles. The molecular formula is C29H30N4O4. The van der Waals surface area contributed by atoms with E-state index in [0.29, 0.717) is 43.7 Å². The Kier molecular flexibility index (Phi) is 6.34. The lowest BCUT2D eigenvalue weighted by atomic mass is 9.82. The first-order chi connectivity index (χ1) is 18.1. The molecule has 8 nitrogen and oxygen atoms in total. The van der Waals surface area contributed by atoms with Crippen LogP contribution in [0.4, 0.5) is 0 Å². The van der Waals surface area contributed by atoms with Crippen LogP contribution in [0, 0.1) is 0 Å². The van der Waals surface area contributed by atoms with Crippen LogP contribution in [0.3, 0.4) is 0 Å². The van der Waals surface area contributed by atoms with Crippen LogP contribution in [0.1, 0.15) is 48.2 Å². The Morgan fingerprint density at radius 2 is 1.89 bits per heavy atom. The Morgan fingerprint density at radius 1 is 1.05 bits per heavy atom. The van der Waals surface area contributed by atoms with E-state index in [1.54, 1.807) is 18.6 Å². The number of piperidine rings is 1. The van der Waals surface area contributed by atoms with Gasteiger partial charge in [-0.1, -0.05) is 30.3 Å². The first kappa shape index (κ1) is 23.6. The summed E-state index contributed by atoms with van der Waals surface area (Å²) in [7, 11) is 0. The maximum absolute atomic E-state index is 13.5. The predicted octanol–water partition coefficient (Wildman–Crippen LogP) is 4.28. The van der Waals surface area contributed by atoms with Gasteiger partial charge in [0.1, 0.15) is 11.2 Å². The molecule has 0 radical (unpaired) electrons. The molecule has 2 saturated heterocycles. The smallest absolute Gasteiger partial charge is 0.257 e. The molecule has 1 atom stereocenters. The van der Waals surface area contributed by atoms with Gasteiger partial charge in [0.25, 0.3) is 5.91 Å². The van der Waals surface area contributed by atoms with Gasteiger partial charge in [-0.05, 0) is 44.2 Å². The van der Waals surface area contributed by atoms with Crippen molar-refractivity contribution >= 4 is 33.8 Å². The summed E-state index contributed by atoms with van der Waals surface area (Å²) in [6, 6.07) is 13.7. The highest BCUT2D eigenvalue weighted by Gasteiger charge is 2.41. The Labute approximate surface area is 215 Å². The van der Waals surface area contributed by atoms with Crippen LogP contribution < -0.4 is 5.32 Å². The van der Waals surface area contributed by atoms with E-state index in [2.05, 4.69) is 15.3 Å². The fourth-order valence-electron chi connectivity index (χ4n) is 5.70. The van der Waals surface area contributed by atoms with Gasteiger partial charge in [0, 0.05) is 61.5 Å². The lowest BCUT2D eigenvalue weighted by Gasteiger charge is -2.46. The second-order valence-corrected chi connectivity index (χ2v) is 10.1. The molecular weight excluding hydrogens is 468 g/mol. The van der Waals surface area contributed by atoms with Crippen molar-refractivity contribution in [2.24, 2.45) is 0 Å². The predicted molar refractivity (Wildman–Crippen MR) is 139 cm³/mol. The molecule has 2 aliphatic heterocycles. The maximum atomic E-state index is 13.5. The number of para-hydroxylation sites is 2. The summed E-state index contributed by atoms with van der Waals surface area (Å²) in [6.07, 6.45) is 9.00. The second kappa shape index (κ2) is 9.94. The number of nitrogens with zero attached hydrogens (tertiary/aromatic N) is 3. The molecule has 37 heavy (non-hydrogen) atoms. The van der Waals surface area contributed by atoms with Gasteiger partial charge in [0.2, 0.25) is 5.91 Å². The topological polar surface area (TPSA) is 97.6 Å². The number of ether oxygens (including phenoxy) is 1. The number of benzene rings is 2. The fourth-order valence-corrected chi connectivity index (χ4v) is 5.70. The third-order valence-electron chi connectivity index (χ3n) is 7.68. The summed E-state index contributed by atoms with van der Waals surface area (Å²) < 4.78 is 12.4. The van der Waals surface area contributed by atoms with Crippen LogP contribution in [-0.2, 0) is 16.0 Å². The number of hydrogen-bond acceptors (Lipinski definition) is 6. The van der Waals surface area contributed by atoms with E-state index in [1.165, 1.54) is 0 Å². The average molecular weight is 499 g/mol. The van der Waals surface area contributed by atoms with Crippen molar-refractivity contribution < 1.29 is 18.7 Å². The van der Waals surface area contributed by atoms with Gasteiger partial charge < -0.3 is 19.4 Å². The minimum absolute atomic E-state index is 0.0100. The zero-order chi connectivity index (χ0) is 25.2. The molecule has 4 aromatic rings. The summed E-state index contributed by atoms with van der Waals surface area (Å²) in [5.41, 5.74) is 2.55. The zero-order valence-corrected chi connectivity index (χ0v) is 20.7. The van der Waals surface area contributed by atoms with E-state index in [4.69, 9.17) is 9.15 Å². The number of likely N-dealkylation sites (tertiary alicyclic amines) is 1. The van der Waals surface area contributed by atoms with Crippen molar-refractivity contribution in [2.45, 2.75) is 50.2 Å². The van der Waals surface area contributed by atoms with E-state index in [9.17, 15) is 9.59 Å². The number of aromatic nitrogens is 2. The van der Waals surface area contributed by atoms with Crippen LogP contribution >= 0.6 is 0 Å². The van der Waals surface area contributed by atoms with Crippen molar-refractivity contribution in [3.63, 3.8) is 0 Å². The van der Waals surface area contributed by atoms with Gasteiger partial charge in [0.15, 0.2) is 0 Å². The number of furan rings is 1. The average Bonchev–Trinajstić information content (AvgIpc) is 3.32. The minimum Gasteiger partial charge on any atom is -0.455 e. The number of hydrogen-bond donors (Lipinski definition) is 1. The van der Waals surface area contributed by atoms with E-state index in [1.807, 2.05) is 47.4 Å². The standard InChI is InChI=1S/C29H30N4O4/c34-26(9-8-21-19-30-13-14-31-21)32-20-10-17-36-29(18-20)11-15-33(16-12-29)28(35)24-6-3-5-23-22-4-1-2-7-25(22)37-27(23)24/h1-7,13-14,19-20H,8-12,15-18H2,(H,32,34). The Hall–Kier alpha value is -3.78. The lowest BCUT2D eigenvalue weighted by Crippen LogP contribution is -2.54. The summed E-state index contributed by atoms with van der Waals surface area (Å²) in [5, 5.41) is 5.17. The highest BCUT2D eigenvalue weighted by atomic mass is 16.5. The first-order valence-electron chi connectivity index (χ1n) is 13.0. The van der Waals surface area contributed by atoms with Crippen LogP contribution in [-0.4, -0.2) is 58.0 Å². The molecule has 1 unspecified atom stereocenters. The van der Waals surface area contributed by atoms with E-state index in [-0.39, 0.29) is 23.5 Å². The Bertz CT molecular complexity index is 1430. The molecule has 2 aromatic carbocycles. The molecule has 0 aliphatic carbocycles. The second-order valence-electron chi connectivity index (χ2n) is 10.1. The molecule has 1 N–H and O–H groups in total. The van der Waals surface area contributed by atoms with E-state index >= 15 is 0 Å². The van der Waals surface area contributed by atoms with Gasteiger partial charge in [-0.25, -0.2) is 0 Å². The third-order valence-corrected chi connectivity index (χ3v) is 7.68. The molecule has 0 saturated carbocycles. The summed E-state index contributed by atoms with van der Waals surface area (Å²) >= 11 is 0.